The van der Waals surface area contributed by atoms with Crippen LogP contribution in [0.25, 0.3) is 0 Å². The Balaban J connectivity index is 1.59. The van der Waals surface area contributed by atoms with Crippen LogP contribution in [-0.2, 0) is 20.9 Å². The van der Waals surface area contributed by atoms with E-state index >= 15 is 0 Å². The summed E-state index contributed by atoms with van der Waals surface area (Å²) in [6.07, 6.45) is 4.80. The third-order valence-electron chi connectivity index (χ3n) is 9.56. The lowest BCUT2D eigenvalue weighted by Crippen LogP contribution is -2.57. The second kappa shape index (κ2) is 12.0. The molecule has 6 atom stereocenters. The minimum Gasteiger partial charge on any atom is -0.394 e. The molecule has 3 fully saturated rings. The molecule has 3 heterocycles. The van der Waals surface area contributed by atoms with E-state index < -0.39 is 33.4 Å². The molecule has 0 aromatic heterocycles. The summed E-state index contributed by atoms with van der Waals surface area (Å²) in [6, 6.07) is 14.4. The van der Waals surface area contributed by atoms with E-state index in [0.29, 0.717) is 19.5 Å². The third kappa shape index (κ3) is 5.12. The minimum atomic E-state index is -0.821. The van der Waals surface area contributed by atoms with Gasteiger partial charge in [-0.15, -0.1) is 24.9 Å². The van der Waals surface area contributed by atoms with Gasteiger partial charge in [0.05, 0.1) is 29.2 Å². The van der Waals surface area contributed by atoms with Gasteiger partial charge in [0.2, 0.25) is 11.8 Å². The molecule has 2 aromatic rings. The first-order valence-electron chi connectivity index (χ1n) is 15.1. The van der Waals surface area contributed by atoms with E-state index in [1.807, 2.05) is 62.4 Å². The molecule has 3 aliphatic heterocycles. The van der Waals surface area contributed by atoms with Crippen LogP contribution in [0.5, 0.6) is 0 Å². The first-order chi connectivity index (χ1) is 20.5. The van der Waals surface area contributed by atoms with Crippen molar-refractivity contribution in [3.63, 3.8) is 0 Å². The predicted molar refractivity (Wildman–Crippen MR) is 173 cm³/mol. The van der Waals surface area contributed by atoms with Gasteiger partial charge in [-0.1, -0.05) is 54.6 Å². The quantitative estimate of drug-likeness (QED) is 0.371. The lowest BCUT2D eigenvalue weighted by molar-refractivity contribution is -0.146. The van der Waals surface area contributed by atoms with E-state index in [0.717, 1.165) is 28.8 Å². The van der Waals surface area contributed by atoms with E-state index in [-0.39, 0.29) is 30.9 Å². The Morgan fingerprint density at radius 2 is 1.79 bits per heavy atom. The molecule has 7 nitrogen and oxygen atoms in total. The standard InChI is InChI=1S/C35H43N3O4S/c1-7-18-36(21-26-12-10-9-11-13-26)31(40)28-29-32(41)38(25(5)22-39)30(35(29)17-16-34(28,6)43-35)33(42)37(19-8-2)27-20-23(3)14-15-24(27)4/h7-15,20,25,28-30,39H,1-2,16-19,21-22H2,3-6H3/t25-,28+,29+,30?,34-,35?/m1/s1. The molecule has 1 spiro atoms. The number of likely N-dealkylation sites (tertiary alicyclic amines) is 1. The minimum absolute atomic E-state index is 0.0825. The highest BCUT2D eigenvalue weighted by Gasteiger charge is 2.78. The van der Waals surface area contributed by atoms with E-state index in [2.05, 4.69) is 20.1 Å². The Morgan fingerprint density at radius 1 is 1.09 bits per heavy atom. The molecule has 2 unspecified atom stereocenters. The van der Waals surface area contributed by atoms with Crippen LogP contribution in [0.4, 0.5) is 5.69 Å². The van der Waals surface area contributed by atoms with Gasteiger partial charge in [0.15, 0.2) is 0 Å². The molecule has 2 aromatic carbocycles. The zero-order valence-corrected chi connectivity index (χ0v) is 26.5. The van der Waals surface area contributed by atoms with Crippen molar-refractivity contribution in [3.05, 3.63) is 90.5 Å². The van der Waals surface area contributed by atoms with E-state index in [4.69, 9.17) is 0 Å². The second-order valence-corrected chi connectivity index (χ2v) is 14.4. The van der Waals surface area contributed by atoms with Crippen molar-refractivity contribution in [1.29, 1.82) is 0 Å². The molecule has 3 saturated heterocycles. The zero-order chi connectivity index (χ0) is 31.1. The molecule has 3 amide bonds. The molecule has 3 aliphatic rings. The molecule has 0 saturated carbocycles. The first kappa shape index (κ1) is 31.1. The molecule has 8 heteroatoms. The highest BCUT2D eigenvalue weighted by atomic mass is 32.2. The Kier molecular flexibility index (Phi) is 8.65. The highest BCUT2D eigenvalue weighted by molar-refractivity contribution is 8.02. The third-order valence-corrected chi connectivity index (χ3v) is 11.5. The van der Waals surface area contributed by atoms with E-state index in [1.54, 1.807) is 45.5 Å². The van der Waals surface area contributed by atoms with Gasteiger partial charge in [-0.2, -0.15) is 0 Å². The van der Waals surface area contributed by atoms with Gasteiger partial charge in [-0.05, 0) is 63.3 Å². The summed E-state index contributed by atoms with van der Waals surface area (Å²) >= 11 is 1.65. The van der Waals surface area contributed by atoms with Crippen molar-refractivity contribution in [2.45, 2.75) is 68.7 Å². The van der Waals surface area contributed by atoms with Crippen molar-refractivity contribution in [3.8, 4) is 0 Å². The summed E-state index contributed by atoms with van der Waals surface area (Å²) in [5.41, 5.74) is 3.76. The summed E-state index contributed by atoms with van der Waals surface area (Å²) in [7, 11) is 0. The average molecular weight is 602 g/mol. The summed E-state index contributed by atoms with van der Waals surface area (Å²) in [5, 5.41) is 10.3. The molecule has 2 bridgehead atoms. The molecule has 228 valence electrons. The van der Waals surface area contributed by atoms with Crippen molar-refractivity contribution < 1.29 is 19.5 Å². The van der Waals surface area contributed by atoms with Gasteiger partial charge in [0, 0.05) is 30.1 Å². The number of aliphatic hydroxyl groups excluding tert-OH is 1. The molecule has 0 aliphatic carbocycles. The number of fused-ring (bicyclic) bond motifs is 1. The number of aliphatic hydroxyl groups is 1. The molecule has 5 rings (SSSR count). The number of hydrogen-bond acceptors (Lipinski definition) is 5. The number of carbonyl (C=O) groups excluding carboxylic acids is 3. The van der Waals surface area contributed by atoms with Crippen LogP contribution in [0.1, 0.15) is 43.4 Å². The van der Waals surface area contributed by atoms with Crippen molar-refractivity contribution in [1.82, 2.24) is 9.80 Å². The van der Waals surface area contributed by atoms with E-state index in [9.17, 15) is 19.5 Å². The number of thioether (sulfide) groups is 1. The predicted octanol–water partition coefficient (Wildman–Crippen LogP) is 4.90. The summed E-state index contributed by atoms with van der Waals surface area (Å²) in [6.45, 7) is 16.4. The highest BCUT2D eigenvalue weighted by Crippen LogP contribution is 2.72. The second-order valence-electron chi connectivity index (χ2n) is 12.5. The largest absolute Gasteiger partial charge is 0.394 e. The molecule has 0 radical (unpaired) electrons. The van der Waals surface area contributed by atoms with Crippen LogP contribution in [0, 0.1) is 25.7 Å². The van der Waals surface area contributed by atoms with Crippen LogP contribution in [0.3, 0.4) is 0 Å². The number of rotatable bonds is 11. The zero-order valence-electron chi connectivity index (χ0n) is 25.7. The van der Waals surface area contributed by atoms with Gasteiger partial charge in [0.1, 0.15) is 6.04 Å². The smallest absolute Gasteiger partial charge is 0.251 e. The Bertz CT molecular complexity index is 1430. The fourth-order valence-corrected chi connectivity index (χ4v) is 9.89. The van der Waals surface area contributed by atoms with Crippen LogP contribution in [-0.4, -0.2) is 73.9 Å². The maximum atomic E-state index is 14.8. The Hall–Kier alpha value is -3.36. The van der Waals surface area contributed by atoms with Crippen molar-refractivity contribution in [2.75, 3.05) is 24.6 Å². The summed E-state index contributed by atoms with van der Waals surface area (Å²) in [4.78, 5) is 49.0. The normalized spacial score (nSPS) is 28.0. The Morgan fingerprint density at radius 3 is 2.44 bits per heavy atom. The molecular formula is C35H43N3O4S. The fraction of sp³-hybridized carbons (Fsp3) is 0.457. The van der Waals surface area contributed by atoms with Crippen molar-refractivity contribution >= 4 is 35.2 Å². The van der Waals surface area contributed by atoms with Gasteiger partial charge in [0.25, 0.3) is 5.91 Å². The number of amides is 3. The maximum Gasteiger partial charge on any atom is 0.251 e. The topological polar surface area (TPSA) is 81.2 Å². The monoisotopic (exact) mass is 601 g/mol. The van der Waals surface area contributed by atoms with Gasteiger partial charge < -0.3 is 19.8 Å². The average Bonchev–Trinajstić information content (AvgIpc) is 3.57. The molecule has 1 N–H and O–H groups in total. The lowest BCUT2D eigenvalue weighted by Gasteiger charge is -2.39. The van der Waals surface area contributed by atoms with E-state index in [1.165, 1.54) is 0 Å². The number of nitrogens with zero attached hydrogens (tertiary/aromatic N) is 3. The first-order valence-corrected chi connectivity index (χ1v) is 15.9. The molecular weight excluding hydrogens is 558 g/mol. The summed E-state index contributed by atoms with van der Waals surface area (Å²) < 4.78 is -1.28. The Labute approximate surface area is 259 Å². The van der Waals surface area contributed by atoms with Crippen molar-refractivity contribution in [2.24, 2.45) is 11.8 Å². The van der Waals surface area contributed by atoms with Crippen LogP contribution in [0.2, 0.25) is 0 Å². The fourth-order valence-electron chi connectivity index (χ4n) is 7.56. The van der Waals surface area contributed by atoms with Gasteiger partial charge in [-0.3, -0.25) is 14.4 Å². The van der Waals surface area contributed by atoms with Crippen LogP contribution in [0.15, 0.2) is 73.8 Å². The number of aryl methyl sites for hydroxylation is 2. The van der Waals surface area contributed by atoms with Gasteiger partial charge >= 0.3 is 0 Å². The molecule has 43 heavy (non-hydrogen) atoms. The lowest BCUT2D eigenvalue weighted by atomic mass is 9.66. The van der Waals surface area contributed by atoms with Crippen LogP contribution >= 0.6 is 11.8 Å². The number of hydrogen-bond donors (Lipinski definition) is 1. The summed E-state index contributed by atoms with van der Waals surface area (Å²) in [5.74, 6) is -1.75. The van der Waals surface area contributed by atoms with Crippen LogP contribution < -0.4 is 4.90 Å². The number of anilines is 1. The van der Waals surface area contributed by atoms with Gasteiger partial charge in [-0.25, -0.2) is 0 Å². The number of carbonyl (C=O) groups is 3. The maximum absolute atomic E-state index is 14.8. The number of benzene rings is 2. The SMILES string of the molecule is C=CCN(Cc1ccccc1)C(=O)[C@@H]1[C@H]2C(=O)N([C@H](C)CO)C(C(=O)N(CC=C)c3cc(C)ccc3C)C23CC[C@@]1(C)S3.